The zero-order valence-electron chi connectivity index (χ0n) is 12.3. The minimum absolute atomic E-state index is 0.211. The molecule has 4 nitrogen and oxygen atoms in total. The Morgan fingerprint density at radius 3 is 2.27 bits per heavy atom. The third-order valence-electron chi connectivity index (χ3n) is 3.23. The molecule has 2 aromatic rings. The van der Waals surface area contributed by atoms with E-state index in [2.05, 4.69) is 5.32 Å². The van der Waals surface area contributed by atoms with Crippen LogP contribution in [-0.2, 0) is 15.6 Å². The molecule has 0 saturated carbocycles. The summed E-state index contributed by atoms with van der Waals surface area (Å²) in [5.74, 6) is 0.299. The first kappa shape index (κ1) is 16.4. The number of nitrogens with one attached hydrogen (secondary N) is 1. The number of rotatable bonds is 7. The topological polar surface area (TPSA) is 72.2 Å². The molecule has 0 aliphatic carbocycles. The summed E-state index contributed by atoms with van der Waals surface area (Å²) >= 11 is 0. The number of benzene rings is 2. The first-order chi connectivity index (χ1) is 10.7. The number of hydrogen-bond donors (Lipinski definition) is 2. The quantitative estimate of drug-likeness (QED) is 0.824. The van der Waals surface area contributed by atoms with E-state index in [-0.39, 0.29) is 5.91 Å². The van der Waals surface area contributed by atoms with Crippen molar-refractivity contribution in [3.8, 4) is 0 Å². The molecule has 1 amide bonds. The minimum Gasteiger partial charge on any atom is -0.325 e. The Morgan fingerprint density at radius 2 is 1.64 bits per heavy atom. The van der Waals surface area contributed by atoms with Gasteiger partial charge in [-0.15, -0.1) is 0 Å². The Balaban J connectivity index is 1.74. The van der Waals surface area contributed by atoms with Crippen LogP contribution in [0.2, 0.25) is 0 Å². The molecule has 0 aliphatic rings. The fourth-order valence-electron chi connectivity index (χ4n) is 2.01. The van der Waals surface area contributed by atoms with Gasteiger partial charge in [0, 0.05) is 16.3 Å². The van der Waals surface area contributed by atoms with Crippen molar-refractivity contribution in [1.29, 1.82) is 0 Å². The Hall–Kier alpha value is -1.98. The monoisotopic (exact) mass is 316 g/mol. The van der Waals surface area contributed by atoms with Gasteiger partial charge in [0.25, 0.3) is 0 Å². The largest absolute Gasteiger partial charge is 0.325 e. The lowest BCUT2D eigenvalue weighted by atomic mass is 10.1. The zero-order chi connectivity index (χ0) is 15.8. The molecule has 5 heteroatoms. The molecule has 2 aromatic carbocycles. The summed E-state index contributed by atoms with van der Waals surface area (Å²) in [6.45, 7) is 0. The molecular formula is C17H20N2O2S. The van der Waals surface area contributed by atoms with Crippen molar-refractivity contribution in [2.75, 3.05) is 11.1 Å². The first-order valence-electron chi connectivity index (χ1n) is 7.22. The highest BCUT2D eigenvalue weighted by Gasteiger charge is 2.14. The Labute approximate surface area is 133 Å². The van der Waals surface area contributed by atoms with Crippen molar-refractivity contribution in [1.82, 2.24) is 0 Å². The standard InChI is InChI=1S/C17H20N2O2S/c18-16(17(20)19-14-8-3-1-4-9-14)12-7-13-22(21)15-10-5-2-6-11-15/h1-6,8-11,16H,7,12-13,18H2,(H,19,20). The van der Waals surface area contributed by atoms with Gasteiger partial charge in [-0.25, -0.2) is 0 Å². The van der Waals surface area contributed by atoms with Crippen molar-refractivity contribution in [2.45, 2.75) is 23.8 Å². The van der Waals surface area contributed by atoms with E-state index in [1.165, 1.54) is 0 Å². The number of anilines is 1. The summed E-state index contributed by atoms with van der Waals surface area (Å²) in [6.07, 6.45) is 1.15. The number of amides is 1. The summed E-state index contributed by atoms with van der Waals surface area (Å²) < 4.78 is 12.1. The predicted molar refractivity (Wildman–Crippen MR) is 90.0 cm³/mol. The van der Waals surface area contributed by atoms with Crippen LogP contribution in [0.4, 0.5) is 5.69 Å². The maximum absolute atomic E-state index is 12.1. The molecule has 116 valence electrons. The highest BCUT2D eigenvalue weighted by atomic mass is 32.2. The third-order valence-corrected chi connectivity index (χ3v) is 4.69. The SMILES string of the molecule is NC(CCCS(=O)c1ccccc1)C(=O)Nc1ccccc1. The van der Waals surface area contributed by atoms with Crippen molar-refractivity contribution in [3.05, 3.63) is 60.7 Å². The van der Waals surface area contributed by atoms with Crippen molar-refractivity contribution in [2.24, 2.45) is 5.73 Å². The van der Waals surface area contributed by atoms with E-state index in [0.717, 1.165) is 10.6 Å². The van der Waals surface area contributed by atoms with E-state index in [0.29, 0.717) is 18.6 Å². The predicted octanol–water partition coefficient (Wildman–Crippen LogP) is 2.54. The van der Waals surface area contributed by atoms with Gasteiger partial charge in [0.15, 0.2) is 0 Å². The van der Waals surface area contributed by atoms with Gasteiger partial charge in [-0.3, -0.25) is 9.00 Å². The number of carbonyl (C=O) groups excluding carboxylic acids is 1. The zero-order valence-corrected chi connectivity index (χ0v) is 13.1. The fraction of sp³-hybridized carbons (Fsp3) is 0.235. The number of nitrogens with two attached hydrogens (primary N) is 1. The van der Waals surface area contributed by atoms with Crippen molar-refractivity contribution < 1.29 is 9.00 Å². The molecule has 22 heavy (non-hydrogen) atoms. The highest BCUT2D eigenvalue weighted by Crippen LogP contribution is 2.10. The third kappa shape index (κ3) is 5.09. The van der Waals surface area contributed by atoms with Crippen LogP contribution in [0.1, 0.15) is 12.8 Å². The Morgan fingerprint density at radius 1 is 1.05 bits per heavy atom. The lowest BCUT2D eigenvalue weighted by molar-refractivity contribution is -0.117. The van der Waals surface area contributed by atoms with E-state index in [4.69, 9.17) is 5.73 Å². The van der Waals surface area contributed by atoms with Crippen molar-refractivity contribution >= 4 is 22.4 Å². The summed E-state index contributed by atoms with van der Waals surface area (Å²) in [5.41, 5.74) is 6.61. The number of hydrogen-bond acceptors (Lipinski definition) is 3. The molecule has 2 atom stereocenters. The maximum atomic E-state index is 12.1. The second kappa shape index (κ2) is 8.46. The molecule has 2 rings (SSSR count). The molecule has 2 unspecified atom stereocenters. The van der Waals surface area contributed by atoms with Crippen molar-refractivity contribution in [3.63, 3.8) is 0 Å². The van der Waals surface area contributed by atoms with Crippen LogP contribution in [0.5, 0.6) is 0 Å². The van der Waals surface area contributed by atoms with Gasteiger partial charge in [0.2, 0.25) is 5.91 Å². The molecule has 0 bridgehead atoms. The molecule has 0 heterocycles. The molecule has 0 spiro atoms. The lowest BCUT2D eigenvalue weighted by Gasteiger charge is -2.12. The van der Waals surface area contributed by atoms with E-state index in [9.17, 15) is 9.00 Å². The van der Waals surface area contributed by atoms with Crippen LogP contribution in [0.25, 0.3) is 0 Å². The molecule has 0 aromatic heterocycles. The first-order valence-corrected chi connectivity index (χ1v) is 8.53. The number of carbonyl (C=O) groups is 1. The van der Waals surface area contributed by atoms with Crippen LogP contribution in [0.15, 0.2) is 65.6 Å². The maximum Gasteiger partial charge on any atom is 0.241 e. The molecule has 0 fully saturated rings. The average Bonchev–Trinajstić information content (AvgIpc) is 2.56. The van der Waals surface area contributed by atoms with Gasteiger partial charge in [0.1, 0.15) is 0 Å². The van der Waals surface area contributed by atoms with Crippen LogP contribution < -0.4 is 11.1 Å². The van der Waals surface area contributed by atoms with Crippen LogP contribution >= 0.6 is 0 Å². The highest BCUT2D eigenvalue weighted by molar-refractivity contribution is 7.85. The number of para-hydroxylation sites is 1. The van der Waals surface area contributed by atoms with E-state index < -0.39 is 16.8 Å². The van der Waals surface area contributed by atoms with E-state index >= 15 is 0 Å². The second-order valence-electron chi connectivity index (χ2n) is 4.97. The van der Waals surface area contributed by atoms with E-state index in [1.807, 2.05) is 60.7 Å². The lowest BCUT2D eigenvalue weighted by Crippen LogP contribution is -2.35. The normalized spacial score (nSPS) is 13.3. The average molecular weight is 316 g/mol. The summed E-state index contributed by atoms with van der Waals surface area (Å²) in [6, 6.07) is 17.9. The second-order valence-corrected chi connectivity index (χ2v) is 6.54. The summed E-state index contributed by atoms with van der Waals surface area (Å²) in [4.78, 5) is 12.8. The fourth-order valence-corrected chi connectivity index (χ4v) is 3.14. The molecule has 3 N–H and O–H groups in total. The van der Waals surface area contributed by atoms with Gasteiger partial charge >= 0.3 is 0 Å². The molecule has 0 saturated heterocycles. The van der Waals surface area contributed by atoms with Crippen LogP contribution in [0.3, 0.4) is 0 Å². The minimum atomic E-state index is -1.04. The smallest absolute Gasteiger partial charge is 0.241 e. The Kier molecular flexibility index (Phi) is 6.30. The van der Waals surface area contributed by atoms with Crippen LogP contribution in [0, 0.1) is 0 Å². The summed E-state index contributed by atoms with van der Waals surface area (Å²) in [5, 5.41) is 2.77. The molecule has 0 radical (unpaired) electrons. The van der Waals surface area contributed by atoms with Gasteiger partial charge in [-0.1, -0.05) is 36.4 Å². The van der Waals surface area contributed by atoms with Gasteiger partial charge < -0.3 is 11.1 Å². The Bertz CT molecular complexity index is 617. The summed E-state index contributed by atoms with van der Waals surface area (Å²) in [7, 11) is -1.04. The molecule has 0 aliphatic heterocycles. The van der Waals surface area contributed by atoms with Gasteiger partial charge in [0.05, 0.1) is 16.8 Å². The van der Waals surface area contributed by atoms with Gasteiger partial charge in [-0.05, 0) is 37.1 Å². The van der Waals surface area contributed by atoms with Crippen LogP contribution in [-0.4, -0.2) is 21.9 Å². The molecular weight excluding hydrogens is 296 g/mol. The van der Waals surface area contributed by atoms with Gasteiger partial charge in [-0.2, -0.15) is 0 Å². The van der Waals surface area contributed by atoms with E-state index in [1.54, 1.807) is 0 Å².